The lowest BCUT2D eigenvalue weighted by Gasteiger charge is -2.24. The molecule has 0 fully saturated rings. The monoisotopic (exact) mass is 320 g/mol. The van der Waals surface area contributed by atoms with Crippen LogP contribution in [0.3, 0.4) is 0 Å². The van der Waals surface area contributed by atoms with Crippen molar-refractivity contribution in [1.29, 1.82) is 0 Å². The van der Waals surface area contributed by atoms with Gasteiger partial charge in [0.2, 0.25) is 0 Å². The van der Waals surface area contributed by atoms with E-state index in [0.29, 0.717) is 16.5 Å². The number of methoxy groups -OCH3 is 1. The zero-order valence-electron chi connectivity index (χ0n) is 12.5. The third kappa shape index (κ3) is 2.25. The van der Waals surface area contributed by atoms with Crippen LogP contribution in [0, 0.1) is 6.92 Å². The lowest BCUT2D eigenvalue weighted by Crippen LogP contribution is -2.09. The molecule has 1 aliphatic rings. The van der Waals surface area contributed by atoms with Gasteiger partial charge in [-0.2, -0.15) is 5.10 Å². The molecule has 2 aromatic rings. The highest BCUT2D eigenvalue weighted by Gasteiger charge is 2.25. The highest BCUT2D eigenvalue weighted by molar-refractivity contribution is 6.33. The second kappa shape index (κ2) is 5.65. The van der Waals surface area contributed by atoms with E-state index in [4.69, 9.17) is 21.4 Å². The number of aromatic carboxylic acids is 1. The first-order chi connectivity index (χ1) is 10.5. The maximum absolute atomic E-state index is 11.1. The first-order valence-corrected chi connectivity index (χ1v) is 7.59. The molecule has 0 saturated carbocycles. The van der Waals surface area contributed by atoms with Gasteiger partial charge in [-0.25, -0.2) is 4.79 Å². The third-order valence-corrected chi connectivity index (χ3v) is 4.66. The van der Waals surface area contributed by atoms with E-state index in [1.54, 1.807) is 7.11 Å². The molecule has 1 aliphatic carbocycles. The number of nitrogens with one attached hydrogen (secondary N) is 1. The topological polar surface area (TPSA) is 75.2 Å². The average Bonchev–Trinajstić information content (AvgIpc) is 3.00. The van der Waals surface area contributed by atoms with Gasteiger partial charge < -0.3 is 9.84 Å². The first-order valence-electron chi connectivity index (χ1n) is 7.21. The molecule has 0 bridgehead atoms. The quantitative estimate of drug-likeness (QED) is 0.905. The van der Waals surface area contributed by atoms with Gasteiger partial charge in [0.1, 0.15) is 11.4 Å². The molecule has 2 N–H and O–H groups in total. The molecule has 1 heterocycles. The summed E-state index contributed by atoms with van der Waals surface area (Å²) in [6.45, 7) is 2.02. The fraction of sp³-hybridized carbons (Fsp3) is 0.375. The summed E-state index contributed by atoms with van der Waals surface area (Å²) in [5.41, 5.74) is 4.83. The Balaban J connectivity index is 2.25. The maximum Gasteiger partial charge on any atom is 0.353 e. The average molecular weight is 321 g/mol. The molecule has 1 aromatic heterocycles. The molecule has 0 saturated heterocycles. The van der Waals surface area contributed by atoms with Crippen LogP contribution in [0.25, 0.3) is 11.3 Å². The van der Waals surface area contributed by atoms with Crippen LogP contribution in [0.2, 0.25) is 5.02 Å². The van der Waals surface area contributed by atoms with Crippen LogP contribution >= 0.6 is 11.6 Å². The second-order valence-electron chi connectivity index (χ2n) is 5.48. The summed E-state index contributed by atoms with van der Waals surface area (Å²) in [6, 6.07) is 1.51. The molecule has 3 rings (SSSR count). The van der Waals surface area contributed by atoms with Crippen LogP contribution < -0.4 is 4.74 Å². The van der Waals surface area contributed by atoms with Crippen molar-refractivity contribution in [3.8, 4) is 17.0 Å². The first kappa shape index (κ1) is 14.9. The summed E-state index contributed by atoms with van der Waals surface area (Å²) in [7, 11) is 1.57. The zero-order chi connectivity index (χ0) is 15.9. The number of carboxylic acid groups (broad SMARTS) is 1. The van der Waals surface area contributed by atoms with Crippen molar-refractivity contribution < 1.29 is 14.6 Å². The third-order valence-electron chi connectivity index (χ3n) is 4.26. The SMILES string of the molecule is COc1c(Cl)c2c(c(C)c1-c1cc(C(=O)O)[nH]n1)CCCC2. The van der Waals surface area contributed by atoms with Crippen molar-refractivity contribution in [3.05, 3.63) is 33.5 Å². The lowest BCUT2D eigenvalue weighted by molar-refractivity contribution is 0.0690. The number of benzene rings is 1. The Morgan fingerprint density at radius 3 is 2.64 bits per heavy atom. The Labute approximate surface area is 133 Å². The number of carboxylic acids is 1. The van der Waals surface area contributed by atoms with Crippen molar-refractivity contribution in [2.45, 2.75) is 32.6 Å². The Morgan fingerprint density at radius 1 is 1.36 bits per heavy atom. The van der Waals surface area contributed by atoms with Crippen molar-refractivity contribution in [2.24, 2.45) is 0 Å². The number of H-pyrrole nitrogens is 1. The Kier molecular flexibility index (Phi) is 3.83. The number of fused-ring (bicyclic) bond motifs is 1. The van der Waals surface area contributed by atoms with E-state index in [1.165, 1.54) is 11.6 Å². The van der Waals surface area contributed by atoms with Crippen molar-refractivity contribution in [3.63, 3.8) is 0 Å². The predicted octanol–water partition coefficient (Wildman–Crippen LogP) is 3.62. The zero-order valence-corrected chi connectivity index (χ0v) is 13.3. The molecule has 0 atom stereocenters. The molecule has 116 valence electrons. The van der Waals surface area contributed by atoms with Gasteiger partial charge in [-0.15, -0.1) is 0 Å². The highest BCUT2D eigenvalue weighted by Crippen LogP contribution is 2.45. The summed E-state index contributed by atoms with van der Waals surface area (Å²) < 4.78 is 5.51. The predicted molar refractivity (Wildman–Crippen MR) is 83.9 cm³/mol. The Bertz CT molecular complexity index is 752. The number of hydrogen-bond donors (Lipinski definition) is 2. The van der Waals surface area contributed by atoms with Gasteiger partial charge in [0.15, 0.2) is 0 Å². The van der Waals surface area contributed by atoms with E-state index in [9.17, 15) is 4.79 Å². The molecule has 5 nitrogen and oxygen atoms in total. The molecule has 22 heavy (non-hydrogen) atoms. The summed E-state index contributed by atoms with van der Waals surface area (Å²) in [5.74, 6) is -0.470. The summed E-state index contributed by atoms with van der Waals surface area (Å²) in [4.78, 5) is 11.1. The second-order valence-corrected chi connectivity index (χ2v) is 5.86. The normalized spacial score (nSPS) is 13.8. The highest BCUT2D eigenvalue weighted by atomic mass is 35.5. The number of carbonyl (C=O) groups is 1. The summed E-state index contributed by atoms with van der Waals surface area (Å²) in [6.07, 6.45) is 4.19. The van der Waals surface area contributed by atoms with Crippen molar-refractivity contribution in [2.75, 3.05) is 7.11 Å². The van der Waals surface area contributed by atoms with Gasteiger partial charge in [0.25, 0.3) is 0 Å². The van der Waals surface area contributed by atoms with E-state index in [1.807, 2.05) is 6.92 Å². The molecule has 1 aromatic carbocycles. The van der Waals surface area contributed by atoms with Gasteiger partial charge in [-0.3, -0.25) is 5.10 Å². The van der Waals surface area contributed by atoms with Crippen LogP contribution in [0.15, 0.2) is 6.07 Å². The van der Waals surface area contributed by atoms with Crippen molar-refractivity contribution >= 4 is 17.6 Å². The molecule has 0 amide bonds. The van der Waals surface area contributed by atoms with Crippen LogP contribution in [0.1, 0.15) is 40.0 Å². The summed E-state index contributed by atoms with van der Waals surface area (Å²) >= 11 is 6.54. The number of ether oxygens (including phenoxy) is 1. The van der Waals surface area contributed by atoms with E-state index >= 15 is 0 Å². The minimum Gasteiger partial charge on any atom is -0.494 e. The van der Waals surface area contributed by atoms with E-state index in [2.05, 4.69) is 10.2 Å². The van der Waals surface area contributed by atoms with E-state index in [0.717, 1.165) is 42.4 Å². The van der Waals surface area contributed by atoms with Gasteiger partial charge >= 0.3 is 5.97 Å². The smallest absolute Gasteiger partial charge is 0.353 e. The minimum absolute atomic E-state index is 0.0466. The standard InChI is InChI=1S/C16H17ClN2O3/c1-8-9-5-3-4-6-10(9)14(17)15(22-2)13(8)11-7-12(16(20)21)19-18-11/h7H,3-6H2,1-2H3,(H,18,19)(H,20,21). The fourth-order valence-corrected chi connectivity index (χ4v) is 3.57. The number of aromatic amines is 1. The largest absolute Gasteiger partial charge is 0.494 e. The van der Waals surface area contributed by atoms with E-state index < -0.39 is 5.97 Å². The minimum atomic E-state index is -1.04. The molecule has 0 aliphatic heterocycles. The van der Waals surface area contributed by atoms with Crippen molar-refractivity contribution in [1.82, 2.24) is 10.2 Å². The number of nitrogens with zero attached hydrogens (tertiary/aromatic N) is 1. The molecule has 0 unspecified atom stereocenters. The number of rotatable bonds is 3. The molecule has 6 heteroatoms. The summed E-state index contributed by atoms with van der Waals surface area (Å²) in [5, 5.41) is 16.3. The molecular formula is C16H17ClN2O3. The number of halogens is 1. The van der Waals surface area contributed by atoms with Gasteiger partial charge in [0.05, 0.1) is 17.8 Å². The van der Waals surface area contributed by atoms with Gasteiger partial charge in [-0.05, 0) is 55.4 Å². The number of hydrogen-bond acceptors (Lipinski definition) is 3. The maximum atomic E-state index is 11.1. The molecular weight excluding hydrogens is 304 g/mol. The van der Waals surface area contributed by atoms with Crippen LogP contribution in [-0.4, -0.2) is 28.4 Å². The Morgan fingerprint density at radius 2 is 2.05 bits per heavy atom. The van der Waals surface area contributed by atoms with Crippen LogP contribution in [0.5, 0.6) is 5.75 Å². The van der Waals surface area contributed by atoms with Gasteiger partial charge in [0, 0.05) is 5.56 Å². The van der Waals surface area contributed by atoms with Gasteiger partial charge in [-0.1, -0.05) is 11.6 Å². The Hall–Kier alpha value is -2.01. The van der Waals surface area contributed by atoms with Crippen LogP contribution in [0.4, 0.5) is 0 Å². The molecule has 0 spiro atoms. The van der Waals surface area contributed by atoms with E-state index in [-0.39, 0.29) is 5.69 Å². The lowest BCUT2D eigenvalue weighted by atomic mass is 9.85. The molecule has 0 radical (unpaired) electrons. The fourth-order valence-electron chi connectivity index (χ4n) is 3.19. The number of aromatic nitrogens is 2. The van der Waals surface area contributed by atoms with Crippen LogP contribution in [-0.2, 0) is 12.8 Å².